The van der Waals surface area contributed by atoms with E-state index in [-0.39, 0.29) is 5.91 Å². The normalized spacial score (nSPS) is 19.1. The molecule has 1 aromatic rings. The lowest BCUT2D eigenvalue weighted by molar-refractivity contribution is 0.0950. The van der Waals surface area contributed by atoms with Crippen LogP contribution in [0.1, 0.15) is 47.5 Å². The lowest BCUT2D eigenvalue weighted by atomic mass is 10.1. The Labute approximate surface area is 102 Å². The highest BCUT2D eigenvalue weighted by molar-refractivity contribution is 5.94. The van der Waals surface area contributed by atoms with Crippen molar-refractivity contribution in [1.82, 2.24) is 10.6 Å². The number of hydrogen-bond acceptors (Lipinski definition) is 2. The molecule has 0 bridgehead atoms. The summed E-state index contributed by atoms with van der Waals surface area (Å²) in [5.74, 6) is 0.768. The molecule has 2 fully saturated rings. The van der Waals surface area contributed by atoms with Gasteiger partial charge in [0.25, 0.3) is 5.91 Å². The van der Waals surface area contributed by atoms with E-state index in [1.165, 1.54) is 31.2 Å². The van der Waals surface area contributed by atoms with Gasteiger partial charge in [-0.15, -0.1) is 0 Å². The van der Waals surface area contributed by atoms with Gasteiger partial charge in [0.2, 0.25) is 0 Å². The summed E-state index contributed by atoms with van der Waals surface area (Å²) in [5, 5.41) is 6.15. The predicted molar refractivity (Wildman–Crippen MR) is 66.9 cm³/mol. The first-order valence-electron chi connectivity index (χ1n) is 6.44. The second kappa shape index (κ2) is 4.49. The molecule has 3 nitrogen and oxygen atoms in total. The number of rotatable bonds is 5. The van der Waals surface area contributed by atoms with E-state index in [4.69, 9.17) is 0 Å². The van der Waals surface area contributed by atoms with Gasteiger partial charge in [0.05, 0.1) is 6.67 Å². The largest absolute Gasteiger partial charge is 0.339 e. The summed E-state index contributed by atoms with van der Waals surface area (Å²) in [6, 6.07) is 8.66. The first-order valence-corrected chi connectivity index (χ1v) is 6.44. The Morgan fingerprint density at radius 1 is 1.12 bits per heavy atom. The van der Waals surface area contributed by atoms with E-state index >= 15 is 0 Å². The Kier molecular flexibility index (Phi) is 2.85. The van der Waals surface area contributed by atoms with Crippen LogP contribution in [0.3, 0.4) is 0 Å². The van der Waals surface area contributed by atoms with Crippen LogP contribution in [0.15, 0.2) is 24.3 Å². The number of hydrogen-bond donors (Lipinski definition) is 2. The zero-order valence-corrected chi connectivity index (χ0v) is 9.91. The molecule has 2 saturated carbocycles. The summed E-state index contributed by atoms with van der Waals surface area (Å²) >= 11 is 0. The average molecular weight is 230 g/mol. The Morgan fingerprint density at radius 3 is 2.41 bits per heavy atom. The standard InChI is InChI=1S/C14H18N2O/c17-14(16-9-15-13-7-8-13)12-5-3-11(4-6-12)10-1-2-10/h3-6,10,13,15H,1-2,7-9H2,(H,16,17). The van der Waals surface area contributed by atoms with E-state index < -0.39 is 0 Å². The molecule has 2 aliphatic carbocycles. The first kappa shape index (κ1) is 10.8. The predicted octanol–water partition coefficient (Wildman–Crippen LogP) is 2.00. The van der Waals surface area contributed by atoms with Crippen molar-refractivity contribution >= 4 is 5.91 Å². The molecule has 0 heterocycles. The smallest absolute Gasteiger partial charge is 0.252 e. The van der Waals surface area contributed by atoms with Crippen LogP contribution in [-0.2, 0) is 0 Å². The highest BCUT2D eigenvalue weighted by Gasteiger charge is 2.23. The first-order chi connectivity index (χ1) is 8.33. The maximum Gasteiger partial charge on any atom is 0.252 e. The molecule has 90 valence electrons. The third-order valence-corrected chi connectivity index (χ3v) is 3.44. The van der Waals surface area contributed by atoms with Crippen LogP contribution in [0.5, 0.6) is 0 Å². The highest BCUT2D eigenvalue weighted by Crippen LogP contribution is 2.39. The number of carbonyl (C=O) groups excluding carboxylic acids is 1. The maximum absolute atomic E-state index is 11.8. The van der Waals surface area contributed by atoms with Crippen molar-refractivity contribution in [2.75, 3.05) is 6.67 Å². The van der Waals surface area contributed by atoms with Crippen molar-refractivity contribution in [3.05, 3.63) is 35.4 Å². The van der Waals surface area contributed by atoms with E-state index in [1.54, 1.807) is 0 Å². The Balaban J connectivity index is 1.52. The molecule has 1 amide bonds. The average Bonchev–Trinajstić information content (AvgIpc) is 3.22. The molecule has 0 atom stereocenters. The molecule has 3 rings (SSSR count). The van der Waals surface area contributed by atoms with Gasteiger partial charge < -0.3 is 5.32 Å². The lowest BCUT2D eigenvalue weighted by Crippen LogP contribution is -2.34. The van der Waals surface area contributed by atoms with Crippen LogP contribution < -0.4 is 10.6 Å². The van der Waals surface area contributed by atoms with Gasteiger partial charge in [-0.1, -0.05) is 12.1 Å². The molecule has 0 aliphatic heterocycles. The van der Waals surface area contributed by atoms with Crippen LogP contribution in [-0.4, -0.2) is 18.6 Å². The minimum Gasteiger partial charge on any atom is -0.339 e. The van der Waals surface area contributed by atoms with E-state index in [0.29, 0.717) is 12.7 Å². The molecular weight excluding hydrogens is 212 g/mol. The van der Waals surface area contributed by atoms with Gasteiger partial charge in [-0.2, -0.15) is 0 Å². The summed E-state index contributed by atoms with van der Waals surface area (Å²) in [5.41, 5.74) is 2.13. The molecule has 0 aromatic heterocycles. The summed E-state index contributed by atoms with van der Waals surface area (Å²) in [7, 11) is 0. The molecule has 0 saturated heterocycles. The molecule has 0 spiro atoms. The minimum absolute atomic E-state index is 0.0143. The third-order valence-electron chi connectivity index (χ3n) is 3.44. The van der Waals surface area contributed by atoms with Crippen LogP contribution in [0.25, 0.3) is 0 Å². The minimum atomic E-state index is 0.0143. The number of amides is 1. The van der Waals surface area contributed by atoms with Gasteiger partial charge in [0, 0.05) is 11.6 Å². The van der Waals surface area contributed by atoms with E-state index in [1.807, 2.05) is 12.1 Å². The van der Waals surface area contributed by atoms with Crippen LogP contribution >= 0.6 is 0 Å². The number of nitrogens with one attached hydrogen (secondary N) is 2. The fourth-order valence-corrected chi connectivity index (χ4v) is 1.99. The summed E-state index contributed by atoms with van der Waals surface area (Å²) < 4.78 is 0. The van der Waals surface area contributed by atoms with Gasteiger partial charge in [0.15, 0.2) is 0 Å². The van der Waals surface area contributed by atoms with Crippen molar-refractivity contribution in [2.24, 2.45) is 0 Å². The maximum atomic E-state index is 11.8. The molecule has 2 aliphatic rings. The molecule has 2 N–H and O–H groups in total. The molecular formula is C14H18N2O. The topological polar surface area (TPSA) is 41.1 Å². The van der Waals surface area contributed by atoms with Gasteiger partial charge in [0.1, 0.15) is 0 Å². The third kappa shape index (κ3) is 2.86. The van der Waals surface area contributed by atoms with Crippen molar-refractivity contribution in [3.8, 4) is 0 Å². The number of benzene rings is 1. The Hall–Kier alpha value is -1.35. The van der Waals surface area contributed by atoms with E-state index in [2.05, 4.69) is 22.8 Å². The fraction of sp³-hybridized carbons (Fsp3) is 0.500. The second-order valence-corrected chi connectivity index (χ2v) is 5.06. The van der Waals surface area contributed by atoms with Crippen molar-refractivity contribution < 1.29 is 4.79 Å². The van der Waals surface area contributed by atoms with Crippen molar-refractivity contribution in [3.63, 3.8) is 0 Å². The van der Waals surface area contributed by atoms with Crippen LogP contribution in [0.2, 0.25) is 0 Å². The molecule has 1 aromatic carbocycles. The Morgan fingerprint density at radius 2 is 1.82 bits per heavy atom. The summed E-state index contributed by atoms with van der Waals surface area (Å²) in [6.07, 6.45) is 5.09. The van der Waals surface area contributed by atoms with Crippen LogP contribution in [0, 0.1) is 0 Å². The Bertz CT molecular complexity index is 405. The fourth-order valence-electron chi connectivity index (χ4n) is 1.99. The SMILES string of the molecule is O=C(NCNC1CC1)c1ccc(C2CC2)cc1. The monoisotopic (exact) mass is 230 g/mol. The molecule has 17 heavy (non-hydrogen) atoms. The van der Waals surface area contributed by atoms with Gasteiger partial charge in [-0.05, 0) is 49.3 Å². The lowest BCUT2D eigenvalue weighted by Gasteiger charge is -2.06. The van der Waals surface area contributed by atoms with E-state index in [0.717, 1.165) is 11.5 Å². The molecule has 0 radical (unpaired) electrons. The van der Waals surface area contributed by atoms with Crippen molar-refractivity contribution in [1.29, 1.82) is 0 Å². The zero-order chi connectivity index (χ0) is 11.7. The van der Waals surface area contributed by atoms with Crippen molar-refractivity contribution in [2.45, 2.75) is 37.6 Å². The molecule has 3 heteroatoms. The number of carbonyl (C=O) groups is 1. The zero-order valence-electron chi connectivity index (χ0n) is 9.91. The second-order valence-electron chi connectivity index (χ2n) is 5.06. The highest BCUT2D eigenvalue weighted by atomic mass is 16.1. The van der Waals surface area contributed by atoms with Gasteiger partial charge >= 0.3 is 0 Å². The van der Waals surface area contributed by atoms with Gasteiger partial charge in [-0.3, -0.25) is 10.1 Å². The van der Waals surface area contributed by atoms with Gasteiger partial charge in [-0.25, -0.2) is 0 Å². The van der Waals surface area contributed by atoms with Crippen LogP contribution in [0.4, 0.5) is 0 Å². The van der Waals surface area contributed by atoms with E-state index in [9.17, 15) is 4.79 Å². The molecule has 0 unspecified atom stereocenters. The quantitative estimate of drug-likeness (QED) is 0.760. The summed E-state index contributed by atoms with van der Waals surface area (Å²) in [6.45, 7) is 0.577. The summed E-state index contributed by atoms with van der Waals surface area (Å²) in [4.78, 5) is 11.8.